The normalized spacial score (nSPS) is 17.3. The van der Waals surface area contributed by atoms with Gasteiger partial charge < -0.3 is 14.8 Å². The minimum atomic E-state index is 0.00497. The van der Waals surface area contributed by atoms with Crippen molar-refractivity contribution < 1.29 is 9.47 Å². The molecule has 1 aliphatic rings. The summed E-state index contributed by atoms with van der Waals surface area (Å²) in [5.74, 6) is 1.46. The first kappa shape index (κ1) is 15.6. The summed E-state index contributed by atoms with van der Waals surface area (Å²) < 4.78 is 13.7. The van der Waals surface area contributed by atoms with E-state index in [-0.39, 0.29) is 6.23 Å². The van der Waals surface area contributed by atoms with Crippen LogP contribution < -0.4 is 10.1 Å². The van der Waals surface area contributed by atoms with E-state index >= 15 is 0 Å². The summed E-state index contributed by atoms with van der Waals surface area (Å²) in [5.41, 5.74) is 2.40. The van der Waals surface area contributed by atoms with Crippen LogP contribution in [0.15, 0.2) is 30.6 Å². The van der Waals surface area contributed by atoms with Crippen molar-refractivity contribution in [3.63, 3.8) is 0 Å². The number of hydrogen-bond donors (Lipinski definition) is 1. The molecule has 4 rings (SSSR count). The summed E-state index contributed by atoms with van der Waals surface area (Å²) in [6.07, 6.45) is 3.82. The molecule has 3 heterocycles. The highest BCUT2D eigenvalue weighted by Crippen LogP contribution is 2.30. The lowest BCUT2D eigenvalue weighted by Crippen LogP contribution is -2.08. The van der Waals surface area contributed by atoms with Crippen LogP contribution in [0.4, 0.5) is 11.5 Å². The van der Waals surface area contributed by atoms with E-state index in [1.165, 1.54) is 0 Å². The number of imidazole rings is 1. The Hall–Kier alpha value is -1.94. The van der Waals surface area contributed by atoms with Gasteiger partial charge >= 0.3 is 0 Å². The smallest absolute Gasteiger partial charge is 0.194 e. The van der Waals surface area contributed by atoms with Crippen LogP contribution in [0, 0.1) is 3.83 Å². The fraction of sp³-hybridized carbons (Fsp3) is 0.312. The monoisotopic (exact) mass is 437 g/mol. The Balaban J connectivity index is 1.74. The second-order valence-corrected chi connectivity index (χ2v) is 6.45. The molecule has 1 aliphatic heterocycles. The Labute approximate surface area is 152 Å². The van der Waals surface area contributed by atoms with Crippen LogP contribution in [-0.2, 0) is 4.74 Å². The maximum atomic E-state index is 5.76. The molecule has 24 heavy (non-hydrogen) atoms. The topological polar surface area (TPSA) is 74.1 Å². The molecule has 0 spiro atoms. The Morgan fingerprint density at radius 3 is 3.08 bits per heavy atom. The van der Waals surface area contributed by atoms with Crippen LogP contribution in [-0.4, -0.2) is 33.2 Å². The average molecular weight is 437 g/mol. The molecule has 3 aromatic rings. The minimum absolute atomic E-state index is 0.00497. The number of nitrogens with zero attached hydrogens (tertiary/aromatic N) is 4. The van der Waals surface area contributed by atoms with Gasteiger partial charge in [0, 0.05) is 41.0 Å². The molecule has 7 nitrogen and oxygen atoms in total. The summed E-state index contributed by atoms with van der Waals surface area (Å²) in [7, 11) is 1.65. The number of rotatable bonds is 4. The third-order valence-corrected chi connectivity index (χ3v) is 4.42. The number of anilines is 2. The summed E-state index contributed by atoms with van der Waals surface area (Å²) in [6, 6.07) is 7.70. The lowest BCUT2D eigenvalue weighted by molar-refractivity contribution is 0.0592. The summed E-state index contributed by atoms with van der Waals surface area (Å²) >= 11 is 2.12. The Morgan fingerprint density at radius 1 is 1.38 bits per heavy atom. The largest absolute Gasteiger partial charge is 0.497 e. The van der Waals surface area contributed by atoms with Gasteiger partial charge in [-0.15, -0.1) is 0 Å². The van der Waals surface area contributed by atoms with Crippen LogP contribution >= 0.6 is 22.6 Å². The second-order valence-electron chi connectivity index (χ2n) is 5.49. The quantitative estimate of drug-likeness (QED) is 0.498. The second kappa shape index (κ2) is 6.52. The molecule has 1 unspecified atom stereocenters. The third-order valence-electron chi connectivity index (χ3n) is 3.94. The summed E-state index contributed by atoms with van der Waals surface area (Å²) in [4.78, 5) is 13.6. The van der Waals surface area contributed by atoms with E-state index in [2.05, 4.69) is 42.9 Å². The van der Waals surface area contributed by atoms with E-state index in [9.17, 15) is 0 Å². The van der Waals surface area contributed by atoms with E-state index in [1.54, 1.807) is 13.4 Å². The zero-order chi connectivity index (χ0) is 16.5. The van der Waals surface area contributed by atoms with Gasteiger partial charge in [0.1, 0.15) is 12.0 Å². The van der Waals surface area contributed by atoms with Gasteiger partial charge in [-0.05, 0) is 25.0 Å². The van der Waals surface area contributed by atoms with Crippen molar-refractivity contribution in [2.24, 2.45) is 0 Å². The van der Waals surface area contributed by atoms with Crippen LogP contribution in [0.1, 0.15) is 19.1 Å². The number of hydrogen-bond acceptors (Lipinski definition) is 6. The summed E-state index contributed by atoms with van der Waals surface area (Å²) in [5, 5.41) is 3.31. The van der Waals surface area contributed by atoms with E-state index in [1.807, 2.05) is 28.8 Å². The Kier molecular flexibility index (Phi) is 4.23. The Bertz CT molecular complexity index is 876. The first-order valence-electron chi connectivity index (χ1n) is 7.67. The molecule has 0 bridgehead atoms. The van der Waals surface area contributed by atoms with Gasteiger partial charge in [-0.3, -0.25) is 4.57 Å². The van der Waals surface area contributed by atoms with E-state index in [4.69, 9.17) is 9.47 Å². The van der Waals surface area contributed by atoms with E-state index < -0.39 is 0 Å². The van der Waals surface area contributed by atoms with Gasteiger partial charge in [-0.25, -0.2) is 15.0 Å². The number of methoxy groups -OCH3 is 1. The average Bonchev–Trinajstić information content (AvgIpc) is 3.24. The molecule has 1 saturated heterocycles. The molecule has 124 valence electrons. The lowest BCUT2D eigenvalue weighted by atomic mass is 10.3. The molecule has 8 heteroatoms. The predicted molar refractivity (Wildman–Crippen MR) is 98.5 cm³/mol. The first-order valence-corrected chi connectivity index (χ1v) is 8.75. The molecule has 0 aliphatic carbocycles. The Morgan fingerprint density at radius 2 is 2.29 bits per heavy atom. The van der Waals surface area contributed by atoms with Crippen molar-refractivity contribution in [2.45, 2.75) is 19.1 Å². The van der Waals surface area contributed by atoms with Crippen molar-refractivity contribution in [2.75, 3.05) is 19.0 Å². The highest BCUT2D eigenvalue weighted by Gasteiger charge is 2.22. The van der Waals surface area contributed by atoms with Crippen molar-refractivity contribution >= 4 is 45.3 Å². The minimum Gasteiger partial charge on any atom is -0.497 e. The standard InChI is InChI=1S/C16H16IN5O2/c1-23-11-5-2-4-10(8-11)19-14-13-15(21-16(17)20-14)22(9-18-13)12-6-3-7-24-12/h2,4-5,8-9,12H,3,6-7H2,1H3,(H,19,20,21). The van der Waals surface area contributed by atoms with Crippen molar-refractivity contribution in [3.05, 3.63) is 34.4 Å². The van der Waals surface area contributed by atoms with Crippen molar-refractivity contribution in [1.82, 2.24) is 19.5 Å². The fourth-order valence-corrected chi connectivity index (χ4v) is 3.28. The third kappa shape index (κ3) is 2.91. The maximum Gasteiger partial charge on any atom is 0.194 e. The predicted octanol–water partition coefficient (Wildman–Crippen LogP) is 3.49. The molecule has 1 fully saturated rings. The maximum absolute atomic E-state index is 5.76. The zero-order valence-corrected chi connectivity index (χ0v) is 15.2. The molecular formula is C16H16IN5O2. The van der Waals surface area contributed by atoms with Gasteiger partial charge in [0.15, 0.2) is 20.8 Å². The van der Waals surface area contributed by atoms with Gasteiger partial charge in [0.05, 0.1) is 13.4 Å². The van der Waals surface area contributed by atoms with Gasteiger partial charge in [0.2, 0.25) is 0 Å². The number of benzene rings is 1. The summed E-state index contributed by atoms with van der Waals surface area (Å²) in [6.45, 7) is 0.779. The molecule has 0 radical (unpaired) electrons. The number of fused-ring (bicyclic) bond motifs is 1. The number of halogens is 1. The molecule has 2 aromatic heterocycles. The molecule has 1 N–H and O–H groups in total. The molecule has 0 saturated carbocycles. The van der Waals surface area contributed by atoms with Crippen LogP contribution in [0.2, 0.25) is 0 Å². The highest BCUT2D eigenvalue weighted by molar-refractivity contribution is 14.1. The van der Waals surface area contributed by atoms with Gasteiger partial charge in [-0.1, -0.05) is 6.07 Å². The van der Waals surface area contributed by atoms with E-state index in [0.717, 1.165) is 42.0 Å². The molecule has 1 aromatic carbocycles. The zero-order valence-electron chi connectivity index (χ0n) is 13.1. The van der Waals surface area contributed by atoms with Gasteiger partial charge in [0.25, 0.3) is 0 Å². The molecular weight excluding hydrogens is 421 g/mol. The van der Waals surface area contributed by atoms with Crippen LogP contribution in [0.25, 0.3) is 11.2 Å². The SMILES string of the molecule is COc1cccc(Nc2nc(I)nc3c2ncn3C2CCCO2)c1. The van der Waals surface area contributed by atoms with Crippen LogP contribution in [0.5, 0.6) is 5.75 Å². The fourth-order valence-electron chi connectivity index (χ4n) is 2.81. The number of aromatic nitrogens is 4. The first-order chi connectivity index (χ1) is 11.7. The van der Waals surface area contributed by atoms with Crippen molar-refractivity contribution in [3.8, 4) is 5.75 Å². The number of ether oxygens (including phenoxy) is 2. The van der Waals surface area contributed by atoms with E-state index in [0.29, 0.717) is 9.65 Å². The van der Waals surface area contributed by atoms with Crippen LogP contribution in [0.3, 0.4) is 0 Å². The lowest BCUT2D eigenvalue weighted by Gasteiger charge is -2.12. The van der Waals surface area contributed by atoms with Gasteiger partial charge in [-0.2, -0.15) is 0 Å². The molecule has 0 amide bonds. The van der Waals surface area contributed by atoms with Crippen molar-refractivity contribution in [1.29, 1.82) is 0 Å². The molecule has 1 atom stereocenters. The number of nitrogens with one attached hydrogen (secondary N) is 1. The highest BCUT2D eigenvalue weighted by atomic mass is 127.